The second-order valence-corrected chi connectivity index (χ2v) is 8.58. The number of carbonyl (C=O) groups is 3. The zero-order valence-electron chi connectivity index (χ0n) is 20.2. The third-order valence-electron chi connectivity index (χ3n) is 5.00. The van der Waals surface area contributed by atoms with E-state index in [4.69, 9.17) is 37.3 Å². The molecule has 10 nitrogen and oxygen atoms in total. The van der Waals surface area contributed by atoms with Crippen LogP contribution in [0.3, 0.4) is 0 Å². The number of hydrogen-bond acceptors (Lipinski definition) is 7. The van der Waals surface area contributed by atoms with Crippen molar-refractivity contribution in [3.63, 3.8) is 0 Å². The van der Waals surface area contributed by atoms with E-state index in [0.29, 0.717) is 12.0 Å². The van der Waals surface area contributed by atoms with Crippen molar-refractivity contribution in [3.05, 3.63) is 33.9 Å². The van der Waals surface area contributed by atoms with Gasteiger partial charge in [-0.3, -0.25) is 9.79 Å². The van der Waals surface area contributed by atoms with Crippen LogP contribution >= 0.6 is 11.6 Å². The van der Waals surface area contributed by atoms with Crippen molar-refractivity contribution in [3.8, 4) is 5.75 Å². The first-order chi connectivity index (χ1) is 17.3. The van der Waals surface area contributed by atoms with Gasteiger partial charge in [-0.2, -0.15) is 13.2 Å². The van der Waals surface area contributed by atoms with Crippen LogP contribution in [0.5, 0.6) is 5.75 Å². The van der Waals surface area contributed by atoms with Gasteiger partial charge in [0.05, 0.1) is 18.8 Å². The first kappa shape index (κ1) is 29.7. The predicted molar refractivity (Wildman–Crippen MR) is 129 cm³/mol. The number of nitrogens with zero attached hydrogens (tertiary/aromatic N) is 1. The van der Waals surface area contributed by atoms with E-state index >= 15 is 0 Å². The molecule has 2 rings (SSSR count). The van der Waals surface area contributed by atoms with Crippen molar-refractivity contribution in [1.82, 2.24) is 5.32 Å². The largest absolute Gasteiger partial charge is 0.475 e. The molecule has 14 heteroatoms. The van der Waals surface area contributed by atoms with E-state index in [2.05, 4.69) is 10.3 Å². The molecule has 0 aliphatic carbocycles. The van der Waals surface area contributed by atoms with E-state index in [1.54, 1.807) is 0 Å². The van der Waals surface area contributed by atoms with Gasteiger partial charge in [-0.25, -0.2) is 9.59 Å². The molecule has 1 aromatic carbocycles. The minimum atomic E-state index is -4.87. The standard InChI is InChI=1S/C23H28ClF3N4O6/c1-12-9-15(24)10-14-11-16(19(23(25,26)27)37-18(12)14)20(33)35-7-4-8-36-21(34)17(31-13(2)32)5-3-6-30-22(28)29/h9-11,17,19H,3-8H2,1-2H3,(H,31,32)(H4,28,29,30)/t17-,19?/m0/s1. The van der Waals surface area contributed by atoms with Crippen molar-refractivity contribution in [2.45, 2.75) is 51.4 Å². The number of fused-ring (bicyclic) bond motifs is 1. The number of carbonyl (C=O) groups excluding carboxylic acids is 3. The maximum Gasteiger partial charge on any atom is 0.430 e. The van der Waals surface area contributed by atoms with Gasteiger partial charge >= 0.3 is 18.1 Å². The summed E-state index contributed by atoms with van der Waals surface area (Å²) in [5, 5.41) is 2.73. The van der Waals surface area contributed by atoms with E-state index < -0.39 is 41.7 Å². The summed E-state index contributed by atoms with van der Waals surface area (Å²) >= 11 is 5.97. The van der Waals surface area contributed by atoms with E-state index in [1.807, 2.05) is 0 Å². The first-order valence-electron chi connectivity index (χ1n) is 11.2. The van der Waals surface area contributed by atoms with Crippen molar-refractivity contribution in [2.24, 2.45) is 16.5 Å². The van der Waals surface area contributed by atoms with Gasteiger partial charge in [-0.05, 0) is 43.5 Å². The second kappa shape index (κ2) is 13.2. The van der Waals surface area contributed by atoms with Gasteiger partial charge in [0.1, 0.15) is 11.8 Å². The lowest BCUT2D eigenvalue weighted by molar-refractivity contribution is -0.188. The molecule has 0 radical (unpaired) electrons. The molecular formula is C23H28ClF3N4O6. The number of aliphatic imine (C=N–C) groups is 1. The molecule has 0 fully saturated rings. The van der Waals surface area contributed by atoms with Crippen LogP contribution in [-0.4, -0.2) is 61.9 Å². The number of alkyl halides is 3. The summed E-state index contributed by atoms with van der Waals surface area (Å²) in [4.78, 5) is 39.9. The molecule has 5 N–H and O–H groups in total. The van der Waals surface area contributed by atoms with Crippen LogP contribution < -0.4 is 21.5 Å². The second-order valence-electron chi connectivity index (χ2n) is 8.14. The third kappa shape index (κ3) is 9.16. The smallest absolute Gasteiger partial charge is 0.430 e. The number of guanidine groups is 1. The Morgan fingerprint density at radius 3 is 2.49 bits per heavy atom. The summed E-state index contributed by atoms with van der Waals surface area (Å²) < 4.78 is 56.0. The number of ether oxygens (including phenoxy) is 3. The zero-order valence-corrected chi connectivity index (χ0v) is 20.9. The molecule has 204 valence electrons. The Morgan fingerprint density at radius 1 is 1.19 bits per heavy atom. The van der Waals surface area contributed by atoms with Crippen molar-refractivity contribution < 1.29 is 41.8 Å². The quantitative estimate of drug-likeness (QED) is 0.165. The van der Waals surface area contributed by atoms with Gasteiger partial charge in [-0.15, -0.1) is 0 Å². The normalized spacial score (nSPS) is 15.4. The van der Waals surface area contributed by atoms with Crippen LogP contribution in [0.25, 0.3) is 6.08 Å². The van der Waals surface area contributed by atoms with E-state index in [0.717, 1.165) is 6.08 Å². The average molecular weight is 549 g/mol. The summed E-state index contributed by atoms with van der Waals surface area (Å²) in [6.07, 6.45) is -5.74. The lowest BCUT2D eigenvalue weighted by Crippen LogP contribution is -2.41. The van der Waals surface area contributed by atoms with E-state index in [1.165, 1.54) is 26.0 Å². The zero-order chi connectivity index (χ0) is 27.8. The Kier molecular flexibility index (Phi) is 10.6. The third-order valence-corrected chi connectivity index (χ3v) is 5.22. The summed E-state index contributed by atoms with van der Waals surface area (Å²) in [6, 6.07) is 1.89. The number of esters is 2. The van der Waals surface area contributed by atoms with E-state index in [9.17, 15) is 27.6 Å². The Labute approximate surface area is 216 Å². The highest BCUT2D eigenvalue weighted by Gasteiger charge is 2.49. The van der Waals surface area contributed by atoms with E-state index in [-0.39, 0.29) is 54.9 Å². The minimum Gasteiger partial charge on any atom is -0.475 e. The molecule has 1 aromatic rings. The minimum absolute atomic E-state index is 0.00458. The molecule has 1 aliphatic rings. The van der Waals surface area contributed by atoms with Crippen molar-refractivity contribution >= 4 is 41.5 Å². The number of hydrogen-bond donors (Lipinski definition) is 3. The van der Waals surface area contributed by atoms with Gasteiger partial charge in [0.2, 0.25) is 12.0 Å². The fourth-order valence-corrected chi connectivity index (χ4v) is 3.72. The first-order valence-corrected chi connectivity index (χ1v) is 11.6. The number of nitrogens with two attached hydrogens (primary N) is 2. The highest BCUT2D eigenvalue weighted by Crippen LogP contribution is 2.40. The van der Waals surface area contributed by atoms with Gasteiger partial charge < -0.3 is 31.0 Å². The summed E-state index contributed by atoms with van der Waals surface area (Å²) in [5.74, 6) is -2.53. The summed E-state index contributed by atoms with van der Waals surface area (Å²) in [7, 11) is 0. The molecule has 0 aromatic heterocycles. The topological polar surface area (TPSA) is 155 Å². The molecule has 37 heavy (non-hydrogen) atoms. The molecular weight excluding hydrogens is 521 g/mol. The number of nitrogens with one attached hydrogen (secondary N) is 1. The van der Waals surface area contributed by atoms with Crippen LogP contribution in [-0.2, 0) is 23.9 Å². The predicted octanol–water partition coefficient (Wildman–Crippen LogP) is 2.39. The number of amides is 1. The van der Waals surface area contributed by atoms with Gasteiger partial charge in [-0.1, -0.05) is 11.6 Å². The highest BCUT2D eigenvalue weighted by molar-refractivity contribution is 6.30. The molecule has 0 spiro atoms. The maximum atomic E-state index is 13.6. The molecule has 0 bridgehead atoms. The highest BCUT2D eigenvalue weighted by atomic mass is 35.5. The SMILES string of the molecule is CC(=O)N[C@@H](CCCN=C(N)N)C(=O)OCCCOC(=O)C1=Cc2cc(Cl)cc(C)c2OC1C(F)(F)F. The number of rotatable bonds is 11. The van der Waals surface area contributed by atoms with Crippen LogP contribution in [0.15, 0.2) is 22.7 Å². The lowest BCUT2D eigenvalue weighted by Gasteiger charge is -2.29. The van der Waals surface area contributed by atoms with Gasteiger partial charge in [0.15, 0.2) is 5.96 Å². The Balaban J connectivity index is 1.93. The molecule has 1 heterocycles. The Hall–Kier alpha value is -3.48. The molecule has 0 saturated heterocycles. The number of aryl methyl sites for hydroxylation is 1. The summed E-state index contributed by atoms with van der Waals surface area (Å²) in [5.41, 5.74) is 10.3. The van der Waals surface area contributed by atoms with Crippen LogP contribution in [0.1, 0.15) is 37.3 Å². The average Bonchev–Trinajstić information content (AvgIpc) is 2.78. The van der Waals surface area contributed by atoms with Crippen LogP contribution in [0, 0.1) is 6.92 Å². The molecule has 2 atom stereocenters. The van der Waals surface area contributed by atoms with Crippen LogP contribution in [0.4, 0.5) is 13.2 Å². The fraction of sp³-hybridized carbons (Fsp3) is 0.478. The van der Waals surface area contributed by atoms with Gasteiger partial charge in [0.25, 0.3) is 0 Å². The molecule has 1 amide bonds. The number of benzene rings is 1. The maximum absolute atomic E-state index is 13.6. The van der Waals surface area contributed by atoms with Crippen molar-refractivity contribution in [2.75, 3.05) is 19.8 Å². The Morgan fingerprint density at radius 2 is 1.86 bits per heavy atom. The van der Waals surface area contributed by atoms with Crippen molar-refractivity contribution in [1.29, 1.82) is 0 Å². The molecule has 1 unspecified atom stereocenters. The van der Waals surface area contributed by atoms with Gasteiger partial charge in [0, 0.05) is 30.5 Å². The van der Waals surface area contributed by atoms with Crippen LogP contribution in [0.2, 0.25) is 5.02 Å². The lowest BCUT2D eigenvalue weighted by atomic mass is 9.99. The monoisotopic (exact) mass is 548 g/mol. The number of halogens is 4. The molecule has 1 aliphatic heterocycles. The fourth-order valence-electron chi connectivity index (χ4n) is 3.44. The summed E-state index contributed by atoms with van der Waals surface area (Å²) in [6.45, 7) is 2.49. The molecule has 0 saturated carbocycles. The Bertz CT molecular complexity index is 1070.